The first-order valence-corrected chi connectivity index (χ1v) is 7.88. The van der Waals surface area contributed by atoms with E-state index in [2.05, 4.69) is 15.3 Å². The van der Waals surface area contributed by atoms with Gasteiger partial charge < -0.3 is 5.32 Å². The van der Waals surface area contributed by atoms with E-state index in [4.69, 9.17) is 0 Å². The normalized spacial score (nSPS) is 13.3. The Hall–Kier alpha value is -2.15. The molecule has 3 rings (SSSR count). The minimum Gasteiger partial charge on any atom is -0.362 e. The molecule has 23 heavy (non-hydrogen) atoms. The van der Waals surface area contributed by atoms with Crippen LogP contribution in [0.2, 0.25) is 0 Å². The Kier molecular flexibility index (Phi) is 3.97. The second kappa shape index (κ2) is 5.81. The van der Waals surface area contributed by atoms with E-state index in [1.54, 1.807) is 19.9 Å². The summed E-state index contributed by atoms with van der Waals surface area (Å²) in [6.45, 7) is 3.46. The number of aryl methyl sites for hydroxylation is 1. The Bertz CT molecular complexity index is 842. The molecule has 120 valence electrons. The third kappa shape index (κ3) is 3.14. The number of hydrogen-bond acceptors (Lipinski definition) is 4. The number of halogens is 3. The number of thiophene rings is 1. The Morgan fingerprint density at radius 1 is 1.13 bits per heavy atom. The first-order chi connectivity index (χ1) is 10.9. The quantitative estimate of drug-likeness (QED) is 0.714. The molecule has 0 aliphatic carbocycles. The summed E-state index contributed by atoms with van der Waals surface area (Å²) in [4.78, 5) is 8.65. The Morgan fingerprint density at radius 3 is 2.61 bits per heavy atom. The van der Waals surface area contributed by atoms with Crippen molar-refractivity contribution in [2.24, 2.45) is 0 Å². The Balaban J connectivity index is 1.99. The van der Waals surface area contributed by atoms with Crippen LogP contribution in [0.15, 0.2) is 35.7 Å². The highest BCUT2D eigenvalue weighted by Gasteiger charge is 2.34. The average Bonchev–Trinajstić information content (AvgIpc) is 2.94. The fourth-order valence-corrected chi connectivity index (χ4v) is 3.28. The van der Waals surface area contributed by atoms with Crippen LogP contribution in [0.5, 0.6) is 0 Å². The Morgan fingerprint density at radius 2 is 1.87 bits per heavy atom. The molecule has 2 aromatic heterocycles. The lowest BCUT2D eigenvalue weighted by atomic mass is 10.0. The number of fused-ring (bicyclic) bond motifs is 1. The zero-order valence-electron chi connectivity index (χ0n) is 12.5. The van der Waals surface area contributed by atoms with Gasteiger partial charge in [-0.05, 0) is 36.9 Å². The second-order valence-corrected chi connectivity index (χ2v) is 6.12. The molecule has 0 bridgehead atoms. The van der Waals surface area contributed by atoms with Crippen molar-refractivity contribution in [2.45, 2.75) is 26.1 Å². The number of aromatic nitrogens is 2. The first-order valence-electron chi connectivity index (χ1n) is 7.01. The average molecular weight is 337 g/mol. The predicted octanol–water partition coefficient (Wildman–Crippen LogP) is 5.19. The largest absolute Gasteiger partial charge is 0.416 e. The van der Waals surface area contributed by atoms with Gasteiger partial charge in [-0.15, -0.1) is 11.3 Å². The van der Waals surface area contributed by atoms with E-state index in [0.29, 0.717) is 11.6 Å². The van der Waals surface area contributed by atoms with Gasteiger partial charge in [-0.3, -0.25) is 0 Å². The molecule has 1 aromatic carbocycles. The molecule has 0 spiro atoms. The van der Waals surface area contributed by atoms with Crippen molar-refractivity contribution in [1.29, 1.82) is 0 Å². The maximum absolute atomic E-state index is 13.2. The highest BCUT2D eigenvalue weighted by Crippen LogP contribution is 2.36. The van der Waals surface area contributed by atoms with Gasteiger partial charge in [0.1, 0.15) is 11.6 Å². The van der Waals surface area contributed by atoms with Crippen LogP contribution in [0.3, 0.4) is 0 Å². The summed E-state index contributed by atoms with van der Waals surface area (Å²) >= 11 is 1.46. The van der Waals surface area contributed by atoms with Gasteiger partial charge in [0.05, 0.1) is 21.8 Å². The van der Waals surface area contributed by atoms with E-state index in [1.807, 2.05) is 11.4 Å². The molecule has 0 aliphatic rings. The molecule has 0 fully saturated rings. The molecule has 3 aromatic rings. The van der Waals surface area contributed by atoms with Gasteiger partial charge in [0.15, 0.2) is 0 Å². The number of benzene rings is 1. The number of anilines is 1. The third-order valence-electron chi connectivity index (χ3n) is 3.50. The highest BCUT2D eigenvalue weighted by atomic mass is 32.1. The number of alkyl halides is 3. The van der Waals surface area contributed by atoms with Crippen molar-refractivity contribution in [3.63, 3.8) is 0 Å². The highest BCUT2D eigenvalue weighted by molar-refractivity contribution is 7.17. The SMILES string of the molecule is Cc1nc(NC(C)c2ccccc2C(F)(F)F)c2sccc2n1. The molecule has 1 N–H and O–H groups in total. The molecule has 7 heteroatoms. The summed E-state index contributed by atoms with van der Waals surface area (Å²) in [7, 11) is 0. The minimum atomic E-state index is -4.38. The fourth-order valence-electron chi connectivity index (χ4n) is 2.49. The molecular formula is C16H14F3N3S. The van der Waals surface area contributed by atoms with Crippen LogP contribution >= 0.6 is 11.3 Å². The number of hydrogen-bond donors (Lipinski definition) is 1. The van der Waals surface area contributed by atoms with Gasteiger partial charge in [-0.25, -0.2) is 9.97 Å². The summed E-state index contributed by atoms with van der Waals surface area (Å²) < 4.78 is 40.3. The predicted molar refractivity (Wildman–Crippen MR) is 85.6 cm³/mol. The van der Waals surface area contributed by atoms with Crippen molar-refractivity contribution in [3.8, 4) is 0 Å². The van der Waals surface area contributed by atoms with E-state index in [9.17, 15) is 13.2 Å². The molecule has 3 nitrogen and oxygen atoms in total. The molecule has 1 unspecified atom stereocenters. The molecule has 0 saturated carbocycles. The number of nitrogens with zero attached hydrogens (tertiary/aromatic N) is 2. The van der Waals surface area contributed by atoms with E-state index in [1.165, 1.54) is 23.5 Å². The molecule has 0 saturated heterocycles. The van der Waals surface area contributed by atoms with Gasteiger partial charge in [0, 0.05) is 0 Å². The van der Waals surface area contributed by atoms with Crippen molar-refractivity contribution in [3.05, 3.63) is 52.7 Å². The zero-order chi connectivity index (χ0) is 16.6. The Labute approximate surface area is 135 Å². The van der Waals surface area contributed by atoms with E-state index in [-0.39, 0.29) is 5.56 Å². The van der Waals surface area contributed by atoms with Crippen molar-refractivity contribution < 1.29 is 13.2 Å². The maximum Gasteiger partial charge on any atom is 0.416 e. The van der Waals surface area contributed by atoms with Crippen LogP contribution in [0.25, 0.3) is 10.2 Å². The summed E-state index contributed by atoms with van der Waals surface area (Å²) in [6.07, 6.45) is -4.38. The number of nitrogens with one attached hydrogen (secondary N) is 1. The van der Waals surface area contributed by atoms with Crippen molar-refractivity contribution in [2.75, 3.05) is 5.32 Å². The molecule has 0 radical (unpaired) electrons. The van der Waals surface area contributed by atoms with Gasteiger partial charge in [0.25, 0.3) is 0 Å². The molecule has 2 heterocycles. The van der Waals surface area contributed by atoms with Gasteiger partial charge >= 0.3 is 6.18 Å². The molecule has 0 aliphatic heterocycles. The minimum absolute atomic E-state index is 0.195. The lowest BCUT2D eigenvalue weighted by molar-refractivity contribution is -0.138. The maximum atomic E-state index is 13.2. The topological polar surface area (TPSA) is 37.8 Å². The lowest BCUT2D eigenvalue weighted by Gasteiger charge is -2.20. The van der Waals surface area contributed by atoms with Crippen molar-refractivity contribution >= 4 is 27.4 Å². The first kappa shape index (κ1) is 15.7. The van der Waals surface area contributed by atoms with Crippen LogP contribution in [0.1, 0.15) is 29.9 Å². The lowest BCUT2D eigenvalue weighted by Crippen LogP contribution is -2.16. The molecular weight excluding hydrogens is 323 g/mol. The standard InChI is InChI=1S/C16H14F3N3S/c1-9(11-5-3-4-6-12(11)16(17,18)19)20-15-14-13(7-8-23-14)21-10(2)22-15/h3-9H,1-2H3,(H,20,21,22). The van der Waals surface area contributed by atoms with Gasteiger partial charge in [0.2, 0.25) is 0 Å². The third-order valence-corrected chi connectivity index (χ3v) is 4.41. The smallest absolute Gasteiger partial charge is 0.362 e. The molecule has 1 atom stereocenters. The summed E-state index contributed by atoms with van der Waals surface area (Å²) in [5.41, 5.74) is 0.357. The van der Waals surface area contributed by atoms with Crippen LogP contribution in [-0.4, -0.2) is 9.97 Å². The van der Waals surface area contributed by atoms with Crippen LogP contribution in [0.4, 0.5) is 19.0 Å². The monoisotopic (exact) mass is 337 g/mol. The van der Waals surface area contributed by atoms with Gasteiger partial charge in [-0.1, -0.05) is 18.2 Å². The number of rotatable bonds is 3. The second-order valence-electron chi connectivity index (χ2n) is 5.21. The summed E-state index contributed by atoms with van der Waals surface area (Å²) in [5, 5.41) is 4.99. The van der Waals surface area contributed by atoms with Crippen molar-refractivity contribution in [1.82, 2.24) is 9.97 Å². The van der Waals surface area contributed by atoms with E-state index in [0.717, 1.165) is 16.3 Å². The van der Waals surface area contributed by atoms with E-state index < -0.39 is 17.8 Å². The van der Waals surface area contributed by atoms with Crippen LogP contribution < -0.4 is 5.32 Å². The van der Waals surface area contributed by atoms with Crippen LogP contribution in [0, 0.1) is 6.92 Å². The molecule has 0 amide bonds. The summed E-state index contributed by atoms with van der Waals surface area (Å²) in [5.74, 6) is 1.14. The zero-order valence-corrected chi connectivity index (χ0v) is 13.3. The van der Waals surface area contributed by atoms with Crippen LogP contribution in [-0.2, 0) is 6.18 Å². The van der Waals surface area contributed by atoms with E-state index >= 15 is 0 Å². The summed E-state index contributed by atoms with van der Waals surface area (Å²) in [6, 6.07) is 6.92. The van der Waals surface area contributed by atoms with Gasteiger partial charge in [-0.2, -0.15) is 13.2 Å². The fraction of sp³-hybridized carbons (Fsp3) is 0.250.